The minimum absolute atomic E-state index is 0.250. The van der Waals surface area contributed by atoms with Crippen LogP contribution < -0.4 is 5.43 Å². The Balaban J connectivity index is 1.85. The van der Waals surface area contributed by atoms with Crippen molar-refractivity contribution in [1.82, 2.24) is 10.3 Å². The highest BCUT2D eigenvalue weighted by Crippen LogP contribution is 2.29. The minimum Gasteiger partial charge on any atom is -0.293 e. The van der Waals surface area contributed by atoms with Crippen molar-refractivity contribution in [2.24, 2.45) is 5.10 Å². The van der Waals surface area contributed by atoms with Crippen molar-refractivity contribution >= 4 is 23.9 Å². The Labute approximate surface area is 130 Å². The molecule has 1 heterocycles. The van der Waals surface area contributed by atoms with Gasteiger partial charge < -0.3 is 0 Å². The number of hydrazone groups is 1. The molecule has 1 fully saturated rings. The number of carbonyl (C=O) groups excluding carboxylic acids is 1. The molecule has 4 nitrogen and oxygen atoms in total. The van der Waals surface area contributed by atoms with Gasteiger partial charge in [0, 0.05) is 24.6 Å². The fourth-order valence-electron chi connectivity index (χ4n) is 1.97. The molecule has 1 aliphatic heterocycles. The van der Waals surface area contributed by atoms with Crippen LogP contribution in [-0.2, 0) is 11.0 Å². The quantitative estimate of drug-likeness (QED) is 0.680. The summed E-state index contributed by atoms with van der Waals surface area (Å²) in [7, 11) is 0. The molecule has 0 aliphatic carbocycles. The van der Waals surface area contributed by atoms with E-state index in [9.17, 15) is 18.0 Å². The van der Waals surface area contributed by atoms with E-state index in [0.717, 1.165) is 36.7 Å². The van der Waals surface area contributed by atoms with Gasteiger partial charge in [-0.2, -0.15) is 30.0 Å². The van der Waals surface area contributed by atoms with Crippen LogP contribution in [0.5, 0.6) is 0 Å². The maximum atomic E-state index is 12.6. The summed E-state index contributed by atoms with van der Waals surface area (Å²) in [5.74, 6) is 1.73. The molecule has 0 unspecified atom stereocenters. The first-order valence-electron chi connectivity index (χ1n) is 6.74. The summed E-state index contributed by atoms with van der Waals surface area (Å²) in [6.45, 7) is 1.96. The Bertz CT molecular complexity index is 542. The van der Waals surface area contributed by atoms with Crippen LogP contribution in [0.2, 0.25) is 0 Å². The first-order valence-corrected chi connectivity index (χ1v) is 7.90. The van der Waals surface area contributed by atoms with Gasteiger partial charge >= 0.3 is 6.18 Å². The Kier molecular flexibility index (Phi) is 5.84. The molecule has 0 aromatic heterocycles. The largest absolute Gasteiger partial charge is 0.416 e. The van der Waals surface area contributed by atoms with E-state index >= 15 is 0 Å². The molecule has 1 N–H and O–H groups in total. The lowest BCUT2D eigenvalue weighted by atomic mass is 10.1. The van der Waals surface area contributed by atoms with Gasteiger partial charge in [0.1, 0.15) is 0 Å². The molecule has 0 spiro atoms. The molecule has 8 heteroatoms. The van der Waals surface area contributed by atoms with E-state index in [1.807, 2.05) is 16.7 Å². The van der Waals surface area contributed by atoms with E-state index in [1.165, 1.54) is 18.3 Å². The van der Waals surface area contributed by atoms with Crippen LogP contribution in [0.4, 0.5) is 13.2 Å². The lowest BCUT2D eigenvalue weighted by Gasteiger charge is -2.24. The van der Waals surface area contributed by atoms with Crippen LogP contribution in [0.15, 0.2) is 29.4 Å². The SMILES string of the molecule is O=C(CN1CCSCC1)NN=Cc1cccc(C(F)(F)F)c1. The first kappa shape index (κ1) is 16.8. The third-order valence-electron chi connectivity index (χ3n) is 3.09. The number of halogens is 3. The molecule has 0 atom stereocenters. The van der Waals surface area contributed by atoms with Crippen LogP contribution in [0.3, 0.4) is 0 Å². The summed E-state index contributed by atoms with van der Waals surface area (Å²) < 4.78 is 37.7. The van der Waals surface area contributed by atoms with Crippen LogP contribution >= 0.6 is 11.8 Å². The minimum atomic E-state index is -4.39. The molecule has 1 aromatic carbocycles. The van der Waals surface area contributed by atoms with Crippen molar-refractivity contribution in [3.05, 3.63) is 35.4 Å². The second-order valence-electron chi connectivity index (χ2n) is 4.80. The monoisotopic (exact) mass is 331 g/mol. The van der Waals surface area contributed by atoms with Crippen molar-refractivity contribution in [2.45, 2.75) is 6.18 Å². The van der Waals surface area contributed by atoms with E-state index in [-0.39, 0.29) is 18.0 Å². The Morgan fingerprint density at radius 2 is 2.09 bits per heavy atom. The van der Waals surface area contributed by atoms with Gasteiger partial charge in [-0.1, -0.05) is 12.1 Å². The third kappa shape index (κ3) is 5.34. The highest BCUT2D eigenvalue weighted by molar-refractivity contribution is 7.99. The van der Waals surface area contributed by atoms with Crippen LogP contribution in [-0.4, -0.2) is 48.2 Å². The molecule has 1 aliphatic rings. The van der Waals surface area contributed by atoms with E-state index in [4.69, 9.17) is 0 Å². The Morgan fingerprint density at radius 1 is 1.36 bits per heavy atom. The summed E-state index contributed by atoms with van der Waals surface area (Å²) in [5.41, 5.74) is 1.88. The lowest BCUT2D eigenvalue weighted by Crippen LogP contribution is -2.40. The molecule has 1 aromatic rings. The number of carbonyl (C=O) groups is 1. The zero-order chi connectivity index (χ0) is 16.0. The van der Waals surface area contributed by atoms with Gasteiger partial charge in [0.2, 0.25) is 0 Å². The number of rotatable bonds is 4. The molecular weight excluding hydrogens is 315 g/mol. The lowest BCUT2D eigenvalue weighted by molar-refractivity contribution is -0.137. The summed E-state index contributed by atoms with van der Waals surface area (Å²) in [4.78, 5) is 13.7. The number of thioether (sulfide) groups is 1. The normalized spacial score (nSPS) is 16.9. The Morgan fingerprint density at radius 3 is 2.77 bits per heavy atom. The van der Waals surface area contributed by atoms with Crippen LogP contribution in [0.1, 0.15) is 11.1 Å². The highest BCUT2D eigenvalue weighted by atomic mass is 32.2. The second kappa shape index (κ2) is 7.64. The maximum Gasteiger partial charge on any atom is 0.416 e. The maximum absolute atomic E-state index is 12.6. The number of hydrogen-bond donors (Lipinski definition) is 1. The number of alkyl halides is 3. The molecule has 22 heavy (non-hydrogen) atoms. The summed E-state index contributed by atoms with van der Waals surface area (Å²) >= 11 is 1.85. The van der Waals surface area contributed by atoms with E-state index in [0.29, 0.717) is 0 Å². The summed E-state index contributed by atoms with van der Waals surface area (Å²) in [6.07, 6.45) is -3.18. The Hall–Kier alpha value is -1.54. The van der Waals surface area contributed by atoms with E-state index in [1.54, 1.807) is 0 Å². The fraction of sp³-hybridized carbons (Fsp3) is 0.429. The van der Waals surface area contributed by atoms with Gasteiger partial charge in [0.25, 0.3) is 5.91 Å². The highest BCUT2D eigenvalue weighted by Gasteiger charge is 2.30. The molecule has 1 amide bonds. The van der Waals surface area contributed by atoms with Gasteiger partial charge in [-0.05, 0) is 17.7 Å². The topological polar surface area (TPSA) is 44.7 Å². The zero-order valence-electron chi connectivity index (χ0n) is 11.8. The van der Waals surface area contributed by atoms with E-state index < -0.39 is 11.7 Å². The van der Waals surface area contributed by atoms with Crippen molar-refractivity contribution in [1.29, 1.82) is 0 Å². The van der Waals surface area contributed by atoms with Gasteiger partial charge in [0.15, 0.2) is 0 Å². The third-order valence-corrected chi connectivity index (χ3v) is 4.03. The van der Waals surface area contributed by atoms with Crippen molar-refractivity contribution in [3.8, 4) is 0 Å². The van der Waals surface area contributed by atoms with Crippen molar-refractivity contribution < 1.29 is 18.0 Å². The standard InChI is InChI=1S/C14H16F3N3OS/c15-14(16,17)12-3-1-2-11(8-12)9-18-19-13(21)10-20-4-6-22-7-5-20/h1-3,8-9H,4-7,10H2,(H,19,21). The number of nitrogens with zero attached hydrogens (tertiary/aromatic N) is 2. The first-order chi connectivity index (χ1) is 10.4. The zero-order valence-corrected chi connectivity index (χ0v) is 12.6. The molecule has 120 valence electrons. The van der Waals surface area contributed by atoms with Gasteiger partial charge in [0.05, 0.1) is 18.3 Å². The molecule has 1 saturated heterocycles. The summed E-state index contributed by atoms with van der Waals surface area (Å²) in [6, 6.07) is 4.77. The number of nitrogens with one attached hydrogen (secondary N) is 1. The van der Waals surface area contributed by atoms with Crippen LogP contribution in [0, 0.1) is 0 Å². The van der Waals surface area contributed by atoms with Gasteiger partial charge in [-0.15, -0.1) is 0 Å². The van der Waals surface area contributed by atoms with E-state index in [2.05, 4.69) is 10.5 Å². The molecule has 0 radical (unpaired) electrons. The molecule has 0 bridgehead atoms. The van der Waals surface area contributed by atoms with Crippen molar-refractivity contribution in [3.63, 3.8) is 0 Å². The number of amides is 1. The predicted molar refractivity (Wildman–Crippen MR) is 80.9 cm³/mol. The second-order valence-corrected chi connectivity index (χ2v) is 6.03. The average Bonchev–Trinajstić information content (AvgIpc) is 2.48. The number of hydrogen-bond acceptors (Lipinski definition) is 4. The molecule has 2 rings (SSSR count). The predicted octanol–water partition coefficient (Wildman–Crippen LogP) is 2.20. The average molecular weight is 331 g/mol. The smallest absolute Gasteiger partial charge is 0.293 e. The van der Waals surface area contributed by atoms with Crippen molar-refractivity contribution in [2.75, 3.05) is 31.1 Å². The number of benzene rings is 1. The summed E-state index contributed by atoms with van der Waals surface area (Å²) in [5, 5.41) is 3.71. The van der Waals surface area contributed by atoms with Gasteiger partial charge in [-0.25, -0.2) is 5.43 Å². The fourth-order valence-corrected chi connectivity index (χ4v) is 2.95. The van der Waals surface area contributed by atoms with Gasteiger partial charge in [-0.3, -0.25) is 9.69 Å². The van der Waals surface area contributed by atoms with Crippen LogP contribution in [0.25, 0.3) is 0 Å². The molecular formula is C14H16F3N3OS. The molecule has 0 saturated carbocycles.